The van der Waals surface area contributed by atoms with Gasteiger partial charge in [-0.05, 0) is 25.0 Å². The molecule has 1 aromatic carbocycles. The van der Waals surface area contributed by atoms with Crippen molar-refractivity contribution < 1.29 is 4.79 Å². The van der Waals surface area contributed by atoms with Crippen LogP contribution in [0.3, 0.4) is 0 Å². The van der Waals surface area contributed by atoms with E-state index in [1.54, 1.807) is 11.1 Å². The van der Waals surface area contributed by atoms with Crippen LogP contribution in [-0.2, 0) is 6.42 Å². The van der Waals surface area contributed by atoms with Crippen LogP contribution < -0.4 is 10.6 Å². The number of hydrogen-bond donors (Lipinski definition) is 2. The maximum absolute atomic E-state index is 12.5. The molecule has 0 spiro atoms. The predicted octanol–water partition coefficient (Wildman–Crippen LogP) is 1.50. The summed E-state index contributed by atoms with van der Waals surface area (Å²) in [5.41, 5.74) is 9.99. The first kappa shape index (κ1) is 10.8. The molecular weight excluding hydrogens is 228 g/mol. The van der Waals surface area contributed by atoms with Gasteiger partial charge in [0.05, 0.1) is 23.1 Å². The maximum atomic E-state index is 12.5. The van der Waals surface area contributed by atoms with Gasteiger partial charge in [0.1, 0.15) is 0 Å². The Kier molecular flexibility index (Phi) is 2.33. The first-order valence-electron chi connectivity index (χ1n) is 5.87. The molecule has 1 aliphatic heterocycles. The number of carbonyl (C=O) groups excluding carboxylic acids is 1. The summed E-state index contributed by atoms with van der Waals surface area (Å²) >= 11 is 0. The number of rotatable bonds is 1. The summed E-state index contributed by atoms with van der Waals surface area (Å²) < 4.78 is 0. The summed E-state index contributed by atoms with van der Waals surface area (Å²) in [6, 6.07) is 5.76. The lowest BCUT2D eigenvalue weighted by Crippen LogP contribution is -2.29. The second kappa shape index (κ2) is 3.87. The van der Waals surface area contributed by atoms with E-state index < -0.39 is 0 Å². The minimum Gasteiger partial charge on any atom is -0.397 e. The number of nitrogens with zero attached hydrogens (tertiary/aromatic N) is 2. The SMILES string of the molecule is Cc1[nH]ncc1C(=O)N1CCc2cccc(N)c21. The van der Waals surface area contributed by atoms with Gasteiger partial charge in [-0.1, -0.05) is 12.1 Å². The van der Waals surface area contributed by atoms with Crippen LogP contribution in [-0.4, -0.2) is 22.6 Å². The number of carbonyl (C=O) groups is 1. The molecule has 0 saturated carbocycles. The highest BCUT2D eigenvalue weighted by Crippen LogP contribution is 2.34. The van der Waals surface area contributed by atoms with Gasteiger partial charge in [0.2, 0.25) is 0 Å². The molecule has 0 radical (unpaired) electrons. The maximum Gasteiger partial charge on any atom is 0.261 e. The van der Waals surface area contributed by atoms with Gasteiger partial charge in [-0.2, -0.15) is 5.10 Å². The number of fused-ring (bicyclic) bond motifs is 1. The summed E-state index contributed by atoms with van der Waals surface area (Å²) in [4.78, 5) is 14.2. The van der Waals surface area contributed by atoms with E-state index in [2.05, 4.69) is 10.2 Å². The number of aromatic amines is 1. The van der Waals surface area contributed by atoms with Gasteiger partial charge in [0.25, 0.3) is 5.91 Å². The van der Waals surface area contributed by atoms with Crippen molar-refractivity contribution in [2.45, 2.75) is 13.3 Å². The van der Waals surface area contributed by atoms with E-state index >= 15 is 0 Å². The van der Waals surface area contributed by atoms with E-state index in [1.165, 1.54) is 0 Å². The summed E-state index contributed by atoms with van der Waals surface area (Å²) in [7, 11) is 0. The fraction of sp³-hybridized carbons (Fsp3) is 0.231. The molecular formula is C13H14N4O. The second-order valence-corrected chi connectivity index (χ2v) is 4.47. The Morgan fingerprint density at radius 1 is 1.50 bits per heavy atom. The molecule has 2 aromatic rings. The number of amides is 1. The molecule has 0 atom stereocenters. The lowest BCUT2D eigenvalue weighted by Gasteiger charge is -2.18. The molecule has 3 N–H and O–H groups in total. The van der Waals surface area contributed by atoms with Crippen molar-refractivity contribution >= 4 is 17.3 Å². The molecule has 0 unspecified atom stereocenters. The number of H-pyrrole nitrogens is 1. The van der Waals surface area contributed by atoms with Crippen LogP contribution in [0.4, 0.5) is 11.4 Å². The van der Waals surface area contributed by atoms with Crippen molar-refractivity contribution in [3.63, 3.8) is 0 Å². The Labute approximate surface area is 105 Å². The first-order valence-corrected chi connectivity index (χ1v) is 5.87. The van der Waals surface area contributed by atoms with Crippen LogP contribution in [0.2, 0.25) is 0 Å². The lowest BCUT2D eigenvalue weighted by molar-refractivity contribution is 0.0989. The number of aryl methyl sites for hydroxylation is 1. The molecule has 0 bridgehead atoms. The molecule has 5 nitrogen and oxygen atoms in total. The number of nitrogens with two attached hydrogens (primary N) is 1. The molecule has 3 rings (SSSR count). The van der Waals surface area contributed by atoms with E-state index in [0.717, 1.165) is 23.4 Å². The molecule has 92 valence electrons. The predicted molar refractivity (Wildman–Crippen MR) is 69.6 cm³/mol. The molecule has 1 amide bonds. The Morgan fingerprint density at radius 3 is 3.06 bits per heavy atom. The van der Waals surface area contributed by atoms with Crippen molar-refractivity contribution in [1.29, 1.82) is 0 Å². The van der Waals surface area contributed by atoms with Gasteiger partial charge in [-0.15, -0.1) is 0 Å². The number of para-hydroxylation sites is 1. The number of nitrogens with one attached hydrogen (secondary N) is 1. The number of anilines is 2. The largest absolute Gasteiger partial charge is 0.397 e. The third-order valence-corrected chi connectivity index (χ3v) is 3.33. The number of aromatic nitrogens is 2. The zero-order valence-corrected chi connectivity index (χ0v) is 10.1. The normalized spacial score (nSPS) is 13.7. The third-order valence-electron chi connectivity index (χ3n) is 3.33. The molecule has 18 heavy (non-hydrogen) atoms. The van der Waals surface area contributed by atoms with Gasteiger partial charge in [0.15, 0.2) is 0 Å². The fourth-order valence-corrected chi connectivity index (χ4v) is 2.40. The van der Waals surface area contributed by atoms with Gasteiger partial charge in [-0.3, -0.25) is 9.89 Å². The molecule has 0 aliphatic carbocycles. The van der Waals surface area contributed by atoms with E-state index in [4.69, 9.17) is 5.73 Å². The van der Waals surface area contributed by atoms with Crippen molar-refractivity contribution in [2.24, 2.45) is 0 Å². The van der Waals surface area contributed by atoms with Crippen molar-refractivity contribution in [3.05, 3.63) is 41.2 Å². The van der Waals surface area contributed by atoms with Gasteiger partial charge >= 0.3 is 0 Å². The van der Waals surface area contributed by atoms with Gasteiger partial charge in [0, 0.05) is 12.2 Å². The van der Waals surface area contributed by atoms with Gasteiger partial charge in [-0.25, -0.2) is 0 Å². The molecule has 5 heteroatoms. The summed E-state index contributed by atoms with van der Waals surface area (Å²) in [5.74, 6) is -0.0436. The van der Waals surface area contributed by atoms with E-state index in [0.29, 0.717) is 17.8 Å². The standard InChI is InChI=1S/C13H14N4O/c1-8-10(7-15-16-8)13(18)17-6-5-9-3-2-4-11(14)12(9)17/h2-4,7H,5-6,14H2,1H3,(H,15,16). The van der Waals surface area contributed by atoms with Crippen LogP contribution in [0.25, 0.3) is 0 Å². The Hall–Kier alpha value is -2.30. The Balaban J connectivity index is 2.03. The smallest absolute Gasteiger partial charge is 0.261 e. The summed E-state index contributed by atoms with van der Waals surface area (Å²) in [5, 5.41) is 6.67. The number of hydrogen-bond acceptors (Lipinski definition) is 3. The highest BCUT2D eigenvalue weighted by Gasteiger charge is 2.28. The average molecular weight is 242 g/mol. The Bertz CT molecular complexity index is 617. The highest BCUT2D eigenvalue weighted by molar-refractivity contribution is 6.09. The first-order chi connectivity index (χ1) is 8.68. The topological polar surface area (TPSA) is 75.0 Å². The second-order valence-electron chi connectivity index (χ2n) is 4.47. The zero-order chi connectivity index (χ0) is 12.7. The van der Waals surface area contributed by atoms with Crippen LogP contribution in [0.1, 0.15) is 21.6 Å². The zero-order valence-electron chi connectivity index (χ0n) is 10.1. The molecule has 1 aliphatic rings. The number of nitrogen functional groups attached to an aromatic ring is 1. The van der Waals surface area contributed by atoms with E-state index in [9.17, 15) is 4.79 Å². The molecule has 1 aromatic heterocycles. The monoisotopic (exact) mass is 242 g/mol. The minimum absolute atomic E-state index is 0.0436. The third kappa shape index (κ3) is 1.48. The summed E-state index contributed by atoms with van der Waals surface area (Å²) in [6.07, 6.45) is 2.41. The minimum atomic E-state index is -0.0436. The van der Waals surface area contributed by atoms with E-state index in [1.807, 2.05) is 25.1 Å². The Morgan fingerprint density at radius 2 is 2.33 bits per heavy atom. The van der Waals surface area contributed by atoms with E-state index in [-0.39, 0.29) is 5.91 Å². The molecule has 0 saturated heterocycles. The summed E-state index contributed by atoms with van der Waals surface area (Å²) in [6.45, 7) is 2.51. The van der Waals surface area contributed by atoms with Crippen LogP contribution in [0.15, 0.2) is 24.4 Å². The van der Waals surface area contributed by atoms with Crippen LogP contribution >= 0.6 is 0 Å². The van der Waals surface area contributed by atoms with Crippen molar-refractivity contribution in [1.82, 2.24) is 10.2 Å². The lowest BCUT2D eigenvalue weighted by atomic mass is 10.1. The van der Waals surface area contributed by atoms with Crippen molar-refractivity contribution in [2.75, 3.05) is 17.2 Å². The number of benzene rings is 1. The van der Waals surface area contributed by atoms with Crippen LogP contribution in [0.5, 0.6) is 0 Å². The molecule has 0 fully saturated rings. The highest BCUT2D eigenvalue weighted by atomic mass is 16.2. The fourth-order valence-electron chi connectivity index (χ4n) is 2.40. The molecule has 2 heterocycles. The van der Waals surface area contributed by atoms with Gasteiger partial charge < -0.3 is 10.6 Å². The average Bonchev–Trinajstić information content (AvgIpc) is 2.95. The quantitative estimate of drug-likeness (QED) is 0.744. The van der Waals surface area contributed by atoms with Crippen molar-refractivity contribution in [3.8, 4) is 0 Å². The van der Waals surface area contributed by atoms with Crippen LogP contribution in [0, 0.1) is 6.92 Å².